The lowest BCUT2D eigenvalue weighted by Crippen LogP contribution is -2.38. The Morgan fingerprint density at radius 1 is 1.44 bits per heavy atom. The van der Waals surface area contributed by atoms with Gasteiger partial charge in [-0.25, -0.2) is 4.79 Å². The first kappa shape index (κ1) is 12.4. The minimum Gasteiger partial charge on any atom is -0.478 e. The highest BCUT2D eigenvalue weighted by molar-refractivity contribution is 6.02. The number of fused-ring (bicyclic) bond motifs is 1. The number of hydrogen-bond acceptors (Lipinski definition) is 3. The molecule has 0 spiro atoms. The van der Waals surface area contributed by atoms with Crippen LogP contribution in [0.5, 0.6) is 0 Å². The molecule has 0 atom stereocenters. The summed E-state index contributed by atoms with van der Waals surface area (Å²) >= 11 is 0. The van der Waals surface area contributed by atoms with Crippen LogP contribution in [0.4, 0.5) is 5.69 Å². The zero-order valence-corrected chi connectivity index (χ0v) is 10.4. The summed E-state index contributed by atoms with van der Waals surface area (Å²) < 4.78 is 0. The van der Waals surface area contributed by atoms with Crippen molar-refractivity contribution in [1.29, 1.82) is 0 Å². The smallest absolute Gasteiger partial charge is 0.335 e. The molecule has 1 aromatic rings. The van der Waals surface area contributed by atoms with Crippen LogP contribution < -0.4 is 5.32 Å². The third-order valence-electron chi connectivity index (χ3n) is 3.05. The van der Waals surface area contributed by atoms with E-state index in [1.165, 1.54) is 12.1 Å². The molecule has 18 heavy (non-hydrogen) atoms. The molecular weight excluding hydrogens is 232 g/mol. The quantitative estimate of drug-likeness (QED) is 0.835. The van der Waals surface area contributed by atoms with E-state index in [0.29, 0.717) is 24.3 Å². The number of nitrogens with one attached hydrogen (secondary N) is 1. The van der Waals surface area contributed by atoms with E-state index in [1.807, 2.05) is 13.8 Å². The lowest BCUT2D eigenvalue weighted by Gasteiger charge is -2.24. The summed E-state index contributed by atoms with van der Waals surface area (Å²) in [6.45, 7) is 5.18. The average molecular weight is 248 g/mol. The van der Waals surface area contributed by atoms with Gasteiger partial charge in [0, 0.05) is 24.8 Å². The molecule has 0 aromatic heterocycles. The molecule has 1 heterocycles. The van der Waals surface area contributed by atoms with Gasteiger partial charge in [0.05, 0.1) is 11.1 Å². The summed E-state index contributed by atoms with van der Waals surface area (Å²) in [5, 5.41) is 12.0. The summed E-state index contributed by atoms with van der Waals surface area (Å²) in [4.78, 5) is 25.0. The fourth-order valence-corrected chi connectivity index (χ4v) is 2.07. The monoisotopic (exact) mass is 248 g/mol. The number of anilines is 1. The van der Waals surface area contributed by atoms with E-state index in [1.54, 1.807) is 11.0 Å². The zero-order chi connectivity index (χ0) is 13.3. The van der Waals surface area contributed by atoms with Crippen molar-refractivity contribution in [3.63, 3.8) is 0 Å². The molecule has 5 nitrogen and oxygen atoms in total. The maximum absolute atomic E-state index is 12.3. The molecule has 2 rings (SSSR count). The molecule has 0 fully saturated rings. The van der Waals surface area contributed by atoms with Gasteiger partial charge in [0.2, 0.25) is 0 Å². The number of amides is 1. The maximum Gasteiger partial charge on any atom is 0.335 e. The van der Waals surface area contributed by atoms with Gasteiger partial charge in [0.15, 0.2) is 0 Å². The second-order valence-electron chi connectivity index (χ2n) is 4.58. The van der Waals surface area contributed by atoms with Gasteiger partial charge in [-0.3, -0.25) is 4.79 Å². The summed E-state index contributed by atoms with van der Waals surface area (Å²) in [7, 11) is 0. The van der Waals surface area contributed by atoms with E-state index in [-0.39, 0.29) is 17.5 Å². The van der Waals surface area contributed by atoms with Gasteiger partial charge in [0.25, 0.3) is 5.91 Å². The Morgan fingerprint density at radius 2 is 2.17 bits per heavy atom. The Labute approximate surface area is 105 Å². The Bertz CT molecular complexity index is 497. The van der Waals surface area contributed by atoms with E-state index in [4.69, 9.17) is 5.11 Å². The average Bonchev–Trinajstić information content (AvgIpc) is 2.48. The molecule has 0 aliphatic carbocycles. The third-order valence-corrected chi connectivity index (χ3v) is 3.05. The summed E-state index contributed by atoms with van der Waals surface area (Å²) in [6, 6.07) is 4.68. The first-order chi connectivity index (χ1) is 8.50. The standard InChI is InChI=1S/C13H16N2O3/c1-8(2)15-6-5-14-11-7-9(13(17)18)3-4-10(11)12(15)16/h3-4,7-8,14H,5-6H2,1-2H3,(H,17,18). The molecule has 0 saturated heterocycles. The van der Waals surface area contributed by atoms with Crippen molar-refractivity contribution in [3.8, 4) is 0 Å². The van der Waals surface area contributed by atoms with Crippen LogP contribution in [0.25, 0.3) is 0 Å². The molecule has 1 aromatic carbocycles. The van der Waals surface area contributed by atoms with E-state index in [2.05, 4.69) is 5.32 Å². The molecule has 1 amide bonds. The Morgan fingerprint density at radius 3 is 2.78 bits per heavy atom. The van der Waals surface area contributed by atoms with Crippen LogP contribution in [-0.4, -0.2) is 41.0 Å². The largest absolute Gasteiger partial charge is 0.478 e. The van der Waals surface area contributed by atoms with Crippen LogP contribution in [0.2, 0.25) is 0 Å². The highest BCUT2D eigenvalue weighted by Crippen LogP contribution is 2.23. The Kier molecular flexibility index (Phi) is 3.23. The SMILES string of the molecule is CC(C)N1CCNc2cc(C(=O)O)ccc2C1=O. The van der Waals surface area contributed by atoms with Crippen molar-refractivity contribution in [1.82, 2.24) is 4.90 Å². The van der Waals surface area contributed by atoms with Crippen molar-refractivity contribution < 1.29 is 14.7 Å². The number of benzene rings is 1. The molecule has 0 saturated carbocycles. The van der Waals surface area contributed by atoms with E-state index < -0.39 is 5.97 Å². The van der Waals surface area contributed by atoms with Crippen LogP contribution in [0.3, 0.4) is 0 Å². The van der Waals surface area contributed by atoms with Crippen LogP contribution in [0.1, 0.15) is 34.6 Å². The second-order valence-corrected chi connectivity index (χ2v) is 4.58. The number of carbonyl (C=O) groups excluding carboxylic acids is 1. The van der Waals surface area contributed by atoms with Crippen molar-refractivity contribution in [3.05, 3.63) is 29.3 Å². The minimum atomic E-state index is -0.989. The highest BCUT2D eigenvalue weighted by Gasteiger charge is 2.24. The molecule has 0 bridgehead atoms. The van der Waals surface area contributed by atoms with Gasteiger partial charge in [-0.2, -0.15) is 0 Å². The number of hydrogen-bond donors (Lipinski definition) is 2. The van der Waals surface area contributed by atoms with Crippen LogP contribution >= 0.6 is 0 Å². The molecule has 96 valence electrons. The van der Waals surface area contributed by atoms with E-state index in [9.17, 15) is 9.59 Å². The lowest BCUT2D eigenvalue weighted by atomic mass is 10.1. The number of carboxylic acid groups (broad SMARTS) is 1. The molecule has 2 N–H and O–H groups in total. The van der Waals surface area contributed by atoms with Gasteiger partial charge in [-0.05, 0) is 32.0 Å². The summed E-state index contributed by atoms with van der Waals surface area (Å²) in [6.07, 6.45) is 0. The number of nitrogens with zero attached hydrogens (tertiary/aromatic N) is 1. The van der Waals surface area contributed by atoms with Gasteiger partial charge in [0.1, 0.15) is 0 Å². The molecule has 0 unspecified atom stereocenters. The second kappa shape index (κ2) is 4.68. The predicted octanol–water partition coefficient (Wildman–Crippen LogP) is 1.66. The van der Waals surface area contributed by atoms with Gasteiger partial charge in [-0.1, -0.05) is 0 Å². The van der Waals surface area contributed by atoms with Crippen LogP contribution in [-0.2, 0) is 0 Å². The van der Waals surface area contributed by atoms with Crippen molar-refractivity contribution >= 4 is 17.6 Å². The minimum absolute atomic E-state index is 0.0538. The molecule has 5 heteroatoms. The molecule has 1 aliphatic heterocycles. The van der Waals surface area contributed by atoms with E-state index in [0.717, 1.165) is 0 Å². The van der Waals surface area contributed by atoms with Gasteiger partial charge < -0.3 is 15.3 Å². The van der Waals surface area contributed by atoms with Gasteiger partial charge >= 0.3 is 5.97 Å². The zero-order valence-electron chi connectivity index (χ0n) is 10.4. The number of carboxylic acids is 1. The van der Waals surface area contributed by atoms with Gasteiger partial charge in [-0.15, -0.1) is 0 Å². The Hall–Kier alpha value is -2.04. The third kappa shape index (κ3) is 2.16. The number of aromatic carboxylic acids is 1. The fraction of sp³-hybridized carbons (Fsp3) is 0.385. The van der Waals surface area contributed by atoms with Crippen LogP contribution in [0.15, 0.2) is 18.2 Å². The van der Waals surface area contributed by atoms with Crippen molar-refractivity contribution in [2.24, 2.45) is 0 Å². The topological polar surface area (TPSA) is 69.6 Å². The number of carbonyl (C=O) groups is 2. The molecule has 1 aliphatic rings. The fourth-order valence-electron chi connectivity index (χ4n) is 2.07. The molecular formula is C13H16N2O3. The first-order valence-corrected chi connectivity index (χ1v) is 5.93. The van der Waals surface area contributed by atoms with Crippen molar-refractivity contribution in [2.75, 3.05) is 18.4 Å². The maximum atomic E-state index is 12.3. The van der Waals surface area contributed by atoms with Crippen molar-refractivity contribution in [2.45, 2.75) is 19.9 Å². The van der Waals surface area contributed by atoms with E-state index >= 15 is 0 Å². The highest BCUT2D eigenvalue weighted by atomic mass is 16.4. The summed E-state index contributed by atoms with van der Waals surface area (Å²) in [5.41, 5.74) is 1.32. The normalized spacial score (nSPS) is 15.1. The van der Waals surface area contributed by atoms with Crippen LogP contribution in [0, 0.1) is 0 Å². The number of rotatable bonds is 2. The Balaban J connectivity index is 2.42. The summed E-state index contributed by atoms with van der Waals surface area (Å²) in [5.74, 6) is -1.04. The predicted molar refractivity (Wildman–Crippen MR) is 68.1 cm³/mol. The lowest BCUT2D eigenvalue weighted by molar-refractivity contribution is 0.0691. The first-order valence-electron chi connectivity index (χ1n) is 5.93. The molecule has 0 radical (unpaired) electrons.